The van der Waals surface area contributed by atoms with E-state index in [1.807, 2.05) is 36.4 Å². The molecular weight excluding hydrogens is 348 g/mol. The van der Waals surface area contributed by atoms with Crippen LogP contribution in [0.4, 0.5) is 5.82 Å². The van der Waals surface area contributed by atoms with Gasteiger partial charge in [0, 0.05) is 11.9 Å². The summed E-state index contributed by atoms with van der Waals surface area (Å²) in [6.07, 6.45) is 5.03. The second-order valence-corrected chi connectivity index (χ2v) is 7.14. The van der Waals surface area contributed by atoms with Crippen LogP contribution in [0.2, 0.25) is 0 Å². The van der Waals surface area contributed by atoms with Gasteiger partial charge in [-0.1, -0.05) is 24.3 Å². The van der Waals surface area contributed by atoms with Crippen molar-refractivity contribution < 1.29 is 4.74 Å². The van der Waals surface area contributed by atoms with Crippen LogP contribution in [0.15, 0.2) is 42.5 Å². The maximum absolute atomic E-state index is 5.21. The molecule has 0 aliphatic carbocycles. The van der Waals surface area contributed by atoms with Gasteiger partial charge in [-0.15, -0.1) is 0 Å². The molecule has 0 aliphatic rings. The summed E-state index contributed by atoms with van der Waals surface area (Å²) in [6.45, 7) is 4.00. The van der Waals surface area contributed by atoms with E-state index in [4.69, 9.17) is 14.7 Å². The Morgan fingerprint density at radius 2 is 1.82 bits per heavy atom. The number of nitrogens with one attached hydrogen (secondary N) is 1. The molecule has 146 valence electrons. The van der Waals surface area contributed by atoms with Crippen molar-refractivity contribution in [1.29, 1.82) is 0 Å². The minimum Gasteiger partial charge on any atom is -0.497 e. The van der Waals surface area contributed by atoms with Crippen LogP contribution in [-0.4, -0.2) is 49.2 Å². The molecule has 3 aromatic rings. The molecule has 0 spiro atoms. The van der Waals surface area contributed by atoms with Crippen molar-refractivity contribution in [3.63, 3.8) is 0 Å². The van der Waals surface area contributed by atoms with Gasteiger partial charge in [-0.25, -0.2) is 9.97 Å². The highest BCUT2D eigenvalue weighted by Gasteiger charge is 2.07. The van der Waals surface area contributed by atoms with Gasteiger partial charge >= 0.3 is 0 Å². The van der Waals surface area contributed by atoms with Crippen LogP contribution in [0.1, 0.15) is 23.4 Å². The van der Waals surface area contributed by atoms with E-state index in [1.54, 1.807) is 7.11 Å². The summed E-state index contributed by atoms with van der Waals surface area (Å²) in [7, 11) is 5.85. The van der Waals surface area contributed by atoms with Gasteiger partial charge in [0.1, 0.15) is 11.6 Å². The second kappa shape index (κ2) is 9.33. The Labute approximate surface area is 167 Å². The number of aryl methyl sites for hydroxylation is 1. The highest BCUT2D eigenvalue weighted by atomic mass is 16.5. The van der Waals surface area contributed by atoms with Crippen molar-refractivity contribution in [3.05, 3.63) is 59.4 Å². The molecule has 2 aromatic carbocycles. The van der Waals surface area contributed by atoms with Crippen molar-refractivity contribution in [2.24, 2.45) is 0 Å². The minimum atomic E-state index is 0.698. The third-order valence-corrected chi connectivity index (χ3v) is 4.48. The van der Waals surface area contributed by atoms with E-state index in [0.29, 0.717) is 5.82 Å². The predicted molar refractivity (Wildman–Crippen MR) is 118 cm³/mol. The number of hydrogen-bond acceptors (Lipinski definition) is 5. The SMILES string of the molecule is COc1ccc(/C=C/c2nc(NCCCN(C)C)c3ccc(C)cc3n2)cc1. The van der Waals surface area contributed by atoms with E-state index in [-0.39, 0.29) is 0 Å². The summed E-state index contributed by atoms with van der Waals surface area (Å²) in [5.41, 5.74) is 3.23. The maximum Gasteiger partial charge on any atom is 0.154 e. The Hall–Kier alpha value is -2.92. The Morgan fingerprint density at radius 3 is 2.54 bits per heavy atom. The number of anilines is 1. The topological polar surface area (TPSA) is 50.3 Å². The lowest BCUT2D eigenvalue weighted by atomic mass is 10.1. The first-order valence-corrected chi connectivity index (χ1v) is 9.54. The third-order valence-electron chi connectivity index (χ3n) is 4.48. The normalized spacial score (nSPS) is 11.5. The van der Waals surface area contributed by atoms with E-state index in [0.717, 1.165) is 47.5 Å². The number of fused-ring (bicyclic) bond motifs is 1. The lowest BCUT2D eigenvalue weighted by Gasteiger charge is -2.12. The minimum absolute atomic E-state index is 0.698. The lowest BCUT2D eigenvalue weighted by Crippen LogP contribution is -2.17. The molecule has 0 fully saturated rings. The molecule has 1 N–H and O–H groups in total. The number of nitrogens with zero attached hydrogens (tertiary/aromatic N) is 3. The van der Waals surface area contributed by atoms with Crippen molar-refractivity contribution in [3.8, 4) is 5.75 Å². The zero-order valence-corrected chi connectivity index (χ0v) is 17.1. The standard InChI is InChI=1S/C23H28N4O/c1-17-6-12-20-21(16-17)25-22(26-23(20)24-14-5-15-27(2)3)13-9-18-7-10-19(28-4)11-8-18/h6-13,16H,5,14-15H2,1-4H3,(H,24,25,26)/b13-9+. The van der Waals surface area contributed by atoms with Gasteiger partial charge in [-0.05, 0) is 75.5 Å². The number of rotatable bonds is 8. The fraction of sp³-hybridized carbons (Fsp3) is 0.304. The molecule has 0 unspecified atom stereocenters. The first-order chi connectivity index (χ1) is 13.5. The monoisotopic (exact) mass is 376 g/mol. The molecule has 1 heterocycles. The number of methoxy groups -OCH3 is 1. The summed E-state index contributed by atoms with van der Waals surface area (Å²) < 4.78 is 5.21. The Morgan fingerprint density at radius 1 is 1.04 bits per heavy atom. The van der Waals surface area contributed by atoms with Crippen LogP contribution in [0.3, 0.4) is 0 Å². The summed E-state index contributed by atoms with van der Waals surface area (Å²) in [4.78, 5) is 11.7. The van der Waals surface area contributed by atoms with Crippen molar-refractivity contribution in [2.45, 2.75) is 13.3 Å². The Balaban J connectivity index is 1.85. The second-order valence-electron chi connectivity index (χ2n) is 7.14. The molecule has 0 saturated heterocycles. The van der Waals surface area contributed by atoms with Gasteiger partial charge in [0.05, 0.1) is 12.6 Å². The number of ether oxygens (including phenoxy) is 1. The zero-order chi connectivity index (χ0) is 19.9. The highest BCUT2D eigenvalue weighted by Crippen LogP contribution is 2.22. The Bertz CT molecular complexity index is 949. The van der Waals surface area contributed by atoms with Crippen LogP contribution in [-0.2, 0) is 0 Å². The largest absolute Gasteiger partial charge is 0.497 e. The molecular formula is C23H28N4O. The molecule has 0 radical (unpaired) electrons. The highest BCUT2D eigenvalue weighted by molar-refractivity contribution is 5.90. The zero-order valence-electron chi connectivity index (χ0n) is 17.1. The molecule has 3 rings (SSSR count). The molecule has 5 nitrogen and oxygen atoms in total. The van der Waals surface area contributed by atoms with Gasteiger partial charge in [0.2, 0.25) is 0 Å². The van der Waals surface area contributed by atoms with E-state index < -0.39 is 0 Å². The summed E-state index contributed by atoms with van der Waals surface area (Å²) >= 11 is 0. The predicted octanol–water partition coefficient (Wildman–Crippen LogP) is 4.48. The van der Waals surface area contributed by atoms with Crippen LogP contribution >= 0.6 is 0 Å². The van der Waals surface area contributed by atoms with Crippen LogP contribution in [0.5, 0.6) is 5.75 Å². The average molecular weight is 377 g/mol. The summed E-state index contributed by atoms with van der Waals surface area (Å²) in [5, 5.41) is 4.54. The third kappa shape index (κ3) is 5.30. The van der Waals surface area contributed by atoms with Gasteiger partial charge in [-0.3, -0.25) is 0 Å². The number of aromatic nitrogens is 2. The molecule has 1 aromatic heterocycles. The molecule has 0 atom stereocenters. The summed E-state index contributed by atoms with van der Waals surface area (Å²) in [5.74, 6) is 2.43. The van der Waals surface area contributed by atoms with Crippen molar-refractivity contribution in [1.82, 2.24) is 14.9 Å². The van der Waals surface area contributed by atoms with Gasteiger partial charge in [0.15, 0.2) is 5.82 Å². The Kier molecular flexibility index (Phi) is 6.61. The first kappa shape index (κ1) is 19.8. The van der Waals surface area contributed by atoms with Gasteiger partial charge in [0.25, 0.3) is 0 Å². The quantitative estimate of drug-likeness (QED) is 0.588. The molecule has 0 aliphatic heterocycles. The van der Waals surface area contributed by atoms with Crippen molar-refractivity contribution >= 4 is 28.9 Å². The molecule has 5 heteroatoms. The number of hydrogen-bond donors (Lipinski definition) is 1. The molecule has 0 amide bonds. The van der Waals surface area contributed by atoms with E-state index >= 15 is 0 Å². The smallest absolute Gasteiger partial charge is 0.154 e. The number of benzene rings is 2. The maximum atomic E-state index is 5.21. The fourth-order valence-electron chi connectivity index (χ4n) is 2.95. The van der Waals surface area contributed by atoms with E-state index in [2.05, 4.69) is 49.4 Å². The van der Waals surface area contributed by atoms with Gasteiger partial charge in [-0.2, -0.15) is 0 Å². The fourth-order valence-corrected chi connectivity index (χ4v) is 2.95. The van der Waals surface area contributed by atoms with Crippen LogP contribution in [0, 0.1) is 6.92 Å². The van der Waals surface area contributed by atoms with Crippen LogP contribution in [0.25, 0.3) is 23.1 Å². The molecule has 0 bridgehead atoms. The average Bonchev–Trinajstić information content (AvgIpc) is 2.69. The lowest BCUT2D eigenvalue weighted by molar-refractivity contribution is 0.405. The van der Waals surface area contributed by atoms with Crippen LogP contribution < -0.4 is 10.1 Å². The van der Waals surface area contributed by atoms with E-state index in [9.17, 15) is 0 Å². The van der Waals surface area contributed by atoms with E-state index in [1.165, 1.54) is 5.56 Å². The molecule has 0 saturated carbocycles. The molecule has 28 heavy (non-hydrogen) atoms. The first-order valence-electron chi connectivity index (χ1n) is 9.54. The van der Waals surface area contributed by atoms with Gasteiger partial charge < -0.3 is 15.0 Å². The van der Waals surface area contributed by atoms with Crippen molar-refractivity contribution in [2.75, 3.05) is 39.6 Å². The summed E-state index contributed by atoms with van der Waals surface area (Å²) in [6, 6.07) is 14.2.